The van der Waals surface area contributed by atoms with E-state index in [0.29, 0.717) is 25.8 Å². The summed E-state index contributed by atoms with van der Waals surface area (Å²) in [5, 5.41) is 2.24. The van der Waals surface area contributed by atoms with Crippen LogP contribution in [0.3, 0.4) is 0 Å². The Hall–Kier alpha value is -2.36. The summed E-state index contributed by atoms with van der Waals surface area (Å²) in [6, 6.07) is 12.0. The van der Waals surface area contributed by atoms with Gasteiger partial charge in [-0.25, -0.2) is 0 Å². The molecule has 2 aromatic rings. The fourth-order valence-electron chi connectivity index (χ4n) is 2.78. The number of likely N-dealkylation sites (tertiary alicyclic amines) is 1. The van der Waals surface area contributed by atoms with Gasteiger partial charge < -0.3 is 4.74 Å². The Bertz CT molecular complexity index is 692. The van der Waals surface area contributed by atoms with Gasteiger partial charge in [-0.15, -0.1) is 0 Å². The number of fused-ring (bicyclic) bond motifs is 1. The zero-order chi connectivity index (χ0) is 14.8. The molecule has 3 rings (SSSR count). The number of benzene rings is 2. The van der Waals surface area contributed by atoms with Crippen molar-refractivity contribution in [2.75, 3.05) is 13.7 Å². The molecule has 0 unspecified atom stereocenters. The molecule has 4 nitrogen and oxygen atoms in total. The molecule has 1 aliphatic rings. The normalized spacial score (nSPS) is 15.0. The molecule has 0 spiro atoms. The first kappa shape index (κ1) is 13.6. The molecule has 2 aromatic carbocycles. The summed E-state index contributed by atoms with van der Waals surface area (Å²) in [6.45, 7) is 0.461. The van der Waals surface area contributed by atoms with Gasteiger partial charge in [0, 0.05) is 19.4 Å². The minimum atomic E-state index is -0.0538. The van der Waals surface area contributed by atoms with Crippen LogP contribution >= 0.6 is 0 Å². The Kier molecular flexibility index (Phi) is 3.60. The molecule has 0 aliphatic carbocycles. The number of carbonyl (C=O) groups is 2. The second-order valence-corrected chi connectivity index (χ2v) is 5.19. The molecule has 1 aliphatic heterocycles. The van der Waals surface area contributed by atoms with Crippen LogP contribution in [0, 0.1) is 0 Å². The molecule has 1 heterocycles. The van der Waals surface area contributed by atoms with Gasteiger partial charge >= 0.3 is 0 Å². The molecular weight excluding hydrogens is 266 g/mol. The third kappa shape index (κ3) is 2.61. The predicted molar refractivity (Wildman–Crippen MR) is 80.2 cm³/mol. The van der Waals surface area contributed by atoms with E-state index in [0.717, 1.165) is 22.1 Å². The molecule has 21 heavy (non-hydrogen) atoms. The zero-order valence-electron chi connectivity index (χ0n) is 12.0. The lowest BCUT2D eigenvalue weighted by Gasteiger charge is -2.14. The Morgan fingerprint density at radius 3 is 2.57 bits per heavy atom. The number of methoxy groups -OCH3 is 1. The molecule has 1 saturated heterocycles. The Morgan fingerprint density at radius 1 is 1.10 bits per heavy atom. The minimum absolute atomic E-state index is 0.0538. The van der Waals surface area contributed by atoms with Crippen molar-refractivity contribution in [3.05, 3.63) is 42.0 Å². The Labute approximate surface area is 123 Å². The van der Waals surface area contributed by atoms with Crippen molar-refractivity contribution in [1.29, 1.82) is 0 Å². The third-order valence-electron chi connectivity index (χ3n) is 3.94. The maximum absolute atomic E-state index is 11.6. The van der Waals surface area contributed by atoms with Gasteiger partial charge in [-0.2, -0.15) is 0 Å². The average Bonchev–Trinajstić information content (AvgIpc) is 2.83. The van der Waals surface area contributed by atoms with E-state index in [1.54, 1.807) is 7.11 Å². The lowest BCUT2D eigenvalue weighted by atomic mass is 10.0. The van der Waals surface area contributed by atoms with Crippen LogP contribution < -0.4 is 4.74 Å². The summed E-state index contributed by atoms with van der Waals surface area (Å²) >= 11 is 0. The molecular formula is C17H17NO3. The lowest BCUT2D eigenvalue weighted by Crippen LogP contribution is -2.31. The molecule has 4 heteroatoms. The molecule has 0 atom stereocenters. The third-order valence-corrected chi connectivity index (χ3v) is 3.94. The quantitative estimate of drug-likeness (QED) is 0.810. The first-order valence-corrected chi connectivity index (χ1v) is 7.08. The number of carbonyl (C=O) groups excluding carboxylic acids is 2. The number of hydrogen-bond donors (Lipinski definition) is 0. The fourth-order valence-corrected chi connectivity index (χ4v) is 2.78. The Balaban J connectivity index is 1.84. The number of amides is 2. The van der Waals surface area contributed by atoms with Crippen LogP contribution in [0.2, 0.25) is 0 Å². The van der Waals surface area contributed by atoms with Crippen LogP contribution in [-0.2, 0) is 16.0 Å². The van der Waals surface area contributed by atoms with Crippen LogP contribution in [0.1, 0.15) is 18.4 Å². The smallest absolute Gasteiger partial charge is 0.229 e. The molecule has 0 aromatic heterocycles. The van der Waals surface area contributed by atoms with Crippen molar-refractivity contribution >= 4 is 22.6 Å². The summed E-state index contributed by atoms with van der Waals surface area (Å²) < 4.78 is 5.23. The van der Waals surface area contributed by atoms with Gasteiger partial charge in [-0.1, -0.05) is 24.3 Å². The highest BCUT2D eigenvalue weighted by Crippen LogP contribution is 2.24. The standard InChI is InChI=1S/C17H17NO3/c1-21-14-5-6-15-12(3-2-4-13(15)11-14)9-10-18-16(19)7-8-17(18)20/h2-6,11H,7-10H2,1H3. The van der Waals surface area contributed by atoms with Crippen LogP contribution in [0.4, 0.5) is 0 Å². The topological polar surface area (TPSA) is 46.6 Å². The number of rotatable bonds is 4. The maximum Gasteiger partial charge on any atom is 0.229 e. The summed E-state index contributed by atoms with van der Waals surface area (Å²) in [6.07, 6.45) is 1.39. The van der Waals surface area contributed by atoms with Crippen molar-refractivity contribution in [2.24, 2.45) is 0 Å². The first-order valence-electron chi connectivity index (χ1n) is 7.08. The van der Waals surface area contributed by atoms with Gasteiger partial charge in [0.2, 0.25) is 11.8 Å². The van der Waals surface area contributed by atoms with E-state index < -0.39 is 0 Å². The van der Waals surface area contributed by atoms with Gasteiger partial charge in [-0.3, -0.25) is 14.5 Å². The molecule has 1 fully saturated rings. The molecule has 0 saturated carbocycles. The van der Waals surface area contributed by atoms with E-state index in [1.807, 2.05) is 36.4 Å². The molecule has 2 amide bonds. The van der Waals surface area contributed by atoms with Crippen LogP contribution in [-0.4, -0.2) is 30.4 Å². The summed E-state index contributed by atoms with van der Waals surface area (Å²) in [7, 11) is 1.65. The van der Waals surface area contributed by atoms with Crippen LogP contribution in [0.5, 0.6) is 5.75 Å². The maximum atomic E-state index is 11.6. The average molecular weight is 283 g/mol. The van der Waals surface area contributed by atoms with Crippen LogP contribution in [0.25, 0.3) is 10.8 Å². The van der Waals surface area contributed by atoms with Gasteiger partial charge in [0.05, 0.1) is 7.11 Å². The van der Waals surface area contributed by atoms with E-state index in [9.17, 15) is 9.59 Å². The van der Waals surface area contributed by atoms with E-state index in [4.69, 9.17) is 4.74 Å². The highest BCUT2D eigenvalue weighted by molar-refractivity contribution is 6.02. The molecule has 0 radical (unpaired) electrons. The van der Waals surface area contributed by atoms with E-state index in [2.05, 4.69) is 0 Å². The largest absolute Gasteiger partial charge is 0.497 e. The van der Waals surface area contributed by atoms with Gasteiger partial charge in [-0.05, 0) is 34.9 Å². The van der Waals surface area contributed by atoms with E-state index in [1.165, 1.54) is 4.90 Å². The Morgan fingerprint density at radius 2 is 1.86 bits per heavy atom. The van der Waals surface area contributed by atoms with Crippen molar-refractivity contribution in [3.63, 3.8) is 0 Å². The second-order valence-electron chi connectivity index (χ2n) is 5.19. The highest BCUT2D eigenvalue weighted by Gasteiger charge is 2.28. The van der Waals surface area contributed by atoms with Gasteiger partial charge in [0.25, 0.3) is 0 Å². The summed E-state index contributed by atoms with van der Waals surface area (Å²) in [5.74, 6) is 0.716. The second kappa shape index (κ2) is 5.56. The lowest BCUT2D eigenvalue weighted by molar-refractivity contribution is -0.138. The molecule has 108 valence electrons. The van der Waals surface area contributed by atoms with E-state index >= 15 is 0 Å². The summed E-state index contributed by atoms with van der Waals surface area (Å²) in [5.41, 5.74) is 1.14. The first-order chi connectivity index (χ1) is 10.2. The van der Waals surface area contributed by atoms with Crippen molar-refractivity contribution in [1.82, 2.24) is 4.90 Å². The van der Waals surface area contributed by atoms with Crippen molar-refractivity contribution in [2.45, 2.75) is 19.3 Å². The van der Waals surface area contributed by atoms with Crippen molar-refractivity contribution < 1.29 is 14.3 Å². The summed E-state index contributed by atoms with van der Waals surface area (Å²) in [4.78, 5) is 24.7. The number of ether oxygens (including phenoxy) is 1. The van der Waals surface area contributed by atoms with Crippen LogP contribution in [0.15, 0.2) is 36.4 Å². The number of imide groups is 1. The zero-order valence-corrected chi connectivity index (χ0v) is 12.0. The van der Waals surface area contributed by atoms with Crippen molar-refractivity contribution in [3.8, 4) is 5.75 Å². The van der Waals surface area contributed by atoms with Gasteiger partial charge in [0.15, 0.2) is 0 Å². The molecule has 0 bridgehead atoms. The van der Waals surface area contributed by atoms with E-state index in [-0.39, 0.29) is 11.8 Å². The van der Waals surface area contributed by atoms with Gasteiger partial charge in [0.1, 0.15) is 5.75 Å². The molecule has 0 N–H and O–H groups in total. The highest BCUT2D eigenvalue weighted by atomic mass is 16.5. The number of hydrogen-bond acceptors (Lipinski definition) is 3. The number of nitrogens with zero attached hydrogens (tertiary/aromatic N) is 1. The monoisotopic (exact) mass is 283 g/mol. The fraction of sp³-hybridized carbons (Fsp3) is 0.294. The predicted octanol–water partition coefficient (Wildman–Crippen LogP) is 2.54. The minimum Gasteiger partial charge on any atom is -0.497 e. The SMILES string of the molecule is COc1ccc2c(CCN3C(=O)CCC3=O)cccc2c1.